The number of benzene rings is 1. The predicted molar refractivity (Wildman–Crippen MR) is 120 cm³/mol. The third-order valence-electron chi connectivity index (χ3n) is 6.34. The summed E-state index contributed by atoms with van der Waals surface area (Å²) in [7, 11) is 3.32. The number of methoxy groups -OCH3 is 2. The molecule has 0 aliphatic carbocycles. The molecule has 31 heavy (non-hydrogen) atoms. The van der Waals surface area contributed by atoms with Gasteiger partial charge in [0.05, 0.1) is 25.9 Å². The first-order valence-corrected chi connectivity index (χ1v) is 11.3. The fourth-order valence-corrected chi connectivity index (χ4v) is 5.44. The van der Waals surface area contributed by atoms with E-state index in [2.05, 4.69) is 19.7 Å². The Bertz CT molecular complexity index is 928. The molecular formula is C22H32N4O4S. The summed E-state index contributed by atoms with van der Waals surface area (Å²) in [5, 5.41) is 12.0. The molecule has 8 nitrogen and oxygen atoms in total. The SMILES string of the molecule is COc1cc2c(cc1OC)CN(c1nsnc1OC1CC(C)(C)N(O)C(C)(C)C1)CC2. The Labute approximate surface area is 188 Å². The lowest BCUT2D eigenvalue weighted by Crippen LogP contribution is -2.61. The summed E-state index contributed by atoms with van der Waals surface area (Å²) < 4.78 is 26.3. The van der Waals surface area contributed by atoms with Crippen molar-refractivity contribution >= 4 is 17.5 Å². The zero-order valence-electron chi connectivity index (χ0n) is 19.1. The Morgan fingerprint density at radius 3 is 2.23 bits per heavy atom. The molecule has 1 N–H and O–H groups in total. The minimum absolute atomic E-state index is 0.0440. The first kappa shape index (κ1) is 22.1. The molecule has 0 atom stereocenters. The van der Waals surface area contributed by atoms with Crippen molar-refractivity contribution in [3.05, 3.63) is 23.3 Å². The predicted octanol–water partition coefficient (Wildman–Crippen LogP) is 3.91. The second-order valence-electron chi connectivity index (χ2n) is 9.63. The van der Waals surface area contributed by atoms with Crippen LogP contribution in [-0.2, 0) is 13.0 Å². The van der Waals surface area contributed by atoms with Crippen LogP contribution in [0.3, 0.4) is 0 Å². The van der Waals surface area contributed by atoms with Crippen molar-refractivity contribution in [2.75, 3.05) is 25.7 Å². The summed E-state index contributed by atoms with van der Waals surface area (Å²) >= 11 is 1.17. The molecule has 9 heteroatoms. The maximum atomic E-state index is 10.6. The number of rotatable bonds is 5. The minimum Gasteiger partial charge on any atom is -0.493 e. The van der Waals surface area contributed by atoms with Gasteiger partial charge in [0, 0.05) is 37.0 Å². The fraction of sp³-hybridized carbons (Fsp3) is 0.636. The molecule has 2 aliphatic heterocycles. The molecule has 170 valence electrons. The average molecular weight is 449 g/mol. The standard InChI is InChI=1S/C22H32N4O4S/c1-21(2)11-16(12-22(3,4)26(21)27)30-20-19(23-31-24-20)25-8-7-14-9-17(28-5)18(29-6)10-15(14)13-25/h9-10,16,27H,7-8,11-13H2,1-6H3. The van der Waals surface area contributed by atoms with Crippen LogP contribution < -0.4 is 19.1 Å². The summed E-state index contributed by atoms with van der Waals surface area (Å²) in [4.78, 5) is 2.21. The number of nitrogens with zero attached hydrogens (tertiary/aromatic N) is 4. The Morgan fingerprint density at radius 2 is 1.61 bits per heavy atom. The summed E-state index contributed by atoms with van der Waals surface area (Å²) in [6.45, 7) is 9.68. The van der Waals surface area contributed by atoms with Crippen molar-refractivity contribution in [1.82, 2.24) is 13.8 Å². The Balaban J connectivity index is 1.53. The van der Waals surface area contributed by atoms with Crippen LogP contribution in [0.15, 0.2) is 12.1 Å². The number of piperidine rings is 1. The minimum atomic E-state index is -0.379. The van der Waals surface area contributed by atoms with Crippen LogP contribution in [0.1, 0.15) is 51.7 Å². The number of aromatic nitrogens is 2. The summed E-state index contributed by atoms with van der Waals surface area (Å²) in [5.74, 6) is 2.86. The lowest BCUT2D eigenvalue weighted by atomic mass is 9.80. The van der Waals surface area contributed by atoms with E-state index in [9.17, 15) is 5.21 Å². The molecule has 2 aliphatic rings. The fourth-order valence-electron chi connectivity index (χ4n) is 4.93. The first-order valence-electron chi connectivity index (χ1n) is 10.6. The Kier molecular flexibility index (Phi) is 5.78. The quantitative estimate of drug-likeness (QED) is 0.738. The first-order chi connectivity index (χ1) is 14.6. The molecule has 1 saturated heterocycles. The molecule has 3 heterocycles. The van der Waals surface area contributed by atoms with Gasteiger partial charge in [0.25, 0.3) is 5.88 Å². The highest BCUT2D eigenvalue weighted by atomic mass is 32.1. The largest absolute Gasteiger partial charge is 0.493 e. The number of ether oxygens (including phenoxy) is 3. The van der Waals surface area contributed by atoms with Gasteiger partial charge in [-0.3, -0.25) is 0 Å². The second kappa shape index (κ2) is 8.11. The number of hydrogen-bond acceptors (Lipinski definition) is 9. The Morgan fingerprint density at radius 1 is 1.00 bits per heavy atom. The van der Waals surface area contributed by atoms with E-state index in [4.69, 9.17) is 14.2 Å². The van der Waals surface area contributed by atoms with Crippen molar-refractivity contribution in [2.24, 2.45) is 0 Å². The van der Waals surface area contributed by atoms with Crippen molar-refractivity contribution < 1.29 is 19.4 Å². The van der Waals surface area contributed by atoms with Crippen LogP contribution in [0.5, 0.6) is 17.4 Å². The van der Waals surface area contributed by atoms with Crippen molar-refractivity contribution in [2.45, 2.75) is 70.7 Å². The van der Waals surface area contributed by atoms with Crippen molar-refractivity contribution in [1.29, 1.82) is 0 Å². The molecule has 1 fully saturated rings. The van der Waals surface area contributed by atoms with E-state index >= 15 is 0 Å². The Hall–Kier alpha value is -2.10. The highest BCUT2D eigenvalue weighted by Crippen LogP contribution is 2.40. The smallest absolute Gasteiger partial charge is 0.271 e. The maximum absolute atomic E-state index is 10.6. The van der Waals surface area contributed by atoms with Gasteiger partial charge in [-0.1, -0.05) is 0 Å². The average Bonchev–Trinajstić information content (AvgIpc) is 3.18. The third kappa shape index (κ3) is 4.18. The van der Waals surface area contributed by atoms with E-state index in [1.807, 2.05) is 33.8 Å². The lowest BCUT2D eigenvalue weighted by Gasteiger charge is -2.51. The zero-order chi connectivity index (χ0) is 22.4. The normalized spacial score (nSPS) is 20.9. The second-order valence-corrected chi connectivity index (χ2v) is 10.2. The van der Waals surface area contributed by atoms with E-state index < -0.39 is 0 Å². The van der Waals surface area contributed by atoms with Crippen molar-refractivity contribution in [3.63, 3.8) is 0 Å². The van der Waals surface area contributed by atoms with Gasteiger partial charge in [0.15, 0.2) is 11.5 Å². The van der Waals surface area contributed by atoms with Crippen LogP contribution in [0.4, 0.5) is 5.82 Å². The molecule has 1 aromatic carbocycles. The molecule has 0 unspecified atom stereocenters. The van der Waals surface area contributed by atoms with Crippen LogP contribution in [-0.4, -0.2) is 57.0 Å². The summed E-state index contributed by atoms with van der Waals surface area (Å²) in [5.41, 5.74) is 1.70. The van der Waals surface area contributed by atoms with Gasteiger partial charge in [-0.15, -0.1) is 4.37 Å². The molecule has 1 aromatic heterocycles. The van der Waals surface area contributed by atoms with Gasteiger partial charge in [-0.05, 0) is 57.4 Å². The molecule has 0 amide bonds. The van der Waals surface area contributed by atoms with E-state index in [1.54, 1.807) is 14.2 Å². The highest BCUT2D eigenvalue weighted by Gasteiger charge is 2.46. The zero-order valence-corrected chi connectivity index (χ0v) is 20.0. The van der Waals surface area contributed by atoms with E-state index in [-0.39, 0.29) is 17.2 Å². The molecule has 0 radical (unpaired) electrons. The number of hydrogen-bond donors (Lipinski definition) is 1. The summed E-state index contributed by atoms with van der Waals surface area (Å²) in [6.07, 6.45) is 2.26. The monoisotopic (exact) mass is 448 g/mol. The molecule has 4 rings (SSSR count). The van der Waals surface area contributed by atoms with Gasteiger partial charge in [-0.25, -0.2) is 0 Å². The third-order valence-corrected chi connectivity index (χ3v) is 6.84. The molecule has 2 aromatic rings. The molecule has 0 bridgehead atoms. The van der Waals surface area contributed by atoms with Gasteiger partial charge < -0.3 is 24.3 Å². The number of hydroxylamine groups is 2. The van der Waals surface area contributed by atoms with Gasteiger partial charge >= 0.3 is 0 Å². The van der Waals surface area contributed by atoms with Crippen LogP contribution in [0.25, 0.3) is 0 Å². The topological polar surface area (TPSA) is 80.2 Å². The lowest BCUT2D eigenvalue weighted by molar-refractivity contribution is -0.255. The number of anilines is 1. The van der Waals surface area contributed by atoms with E-state index in [1.165, 1.54) is 27.9 Å². The molecule has 0 saturated carbocycles. The maximum Gasteiger partial charge on any atom is 0.271 e. The van der Waals surface area contributed by atoms with Crippen molar-refractivity contribution in [3.8, 4) is 17.4 Å². The molecular weight excluding hydrogens is 416 g/mol. The summed E-state index contributed by atoms with van der Waals surface area (Å²) in [6, 6.07) is 4.11. The van der Waals surface area contributed by atoms with E-state index in [0.717, 1.165) is 30.3 Å². The van der Waals surface area contributed by atoms with Crippen LogP contribution in [0.2, 0.25) is 0 Å². The molecule has 0 spiro atoms. The van der Waals surface area contributed by atoms with Gasteiger partial charge in [0.1, 0.15) is 6.10 Å². The van der Waals surface area contributed by atoms with Gasteiger partial charge in [0.2, 0.25) is 5.82 Å². The van der Waals surface area contributed by atoms with E-state index in [0.29, 0.717) is 25.3 Å². The van der Waals surface area contributed by atoms with Crippen LogP contribution in [0, 0.1) is 0 Å². The van der Waals surface area contributed by atoms with Gasteiger partial charge in [-0.2, -0.15) is 9.44 Å². The van der Waals surface area contributed by atoms with Crippen LogP contribution >= 0.6 is 11.7 Å². The number of fused-ring (bicyclic) bond motifs is 1. The highest BCUT2D eigenvalue weighted by molar-refractivity contribution is 6.99.